The maximum atomic E-state index is 13.8. The molecule has 21 heavy (non-hydrogen) atoms. The lowest BCUT2D eigenvalue weighted by Crippen LogP contribution is -2.09. The van der Waals surface area contributed by atoms with Crippen LogP contribution in [0.3, 0.4) is 0 Å². The molecule has 3 rings (SSSR count). The zero-order chi connectivity index (χ0) is 15.0. The lowest BCUT2D eigenvalue weighted by molar-refractivity contribution is 0.214. The molecular formula is C18H18F2O. The lowest BCUT2D eigenvalue weighted by Gasteiger charge is -2.26. The minimum Gasteiger partial charge on any atom is -0.384 e. The van der Waals surface area contributed by atoms with Crippen molar-refractivity contribution in [3.63, 3.8) is 0 Å². The molecule has 1 nitrogen and oxygen atoms in total. The third-order valence-electron chi connectivity index (χ3n) is 4.40. The van der Waals surface area contributed by atoms with Crippen molar-refractivity contribution in [1.82, 2.24) is 0 Å². The Balaban J connectivity index is 1.87. The van der Waals surface area contributed by atoms with Gasteiger partial charge in [0, 0.05) is 11.6 Å². The maximum absolute atomic E-state index is 13.8. The molecule has 0 spiro atoms. The largest absolute Gasteiger partial charge is 0.384 e. The predicted molar refractivity (Wildman–Crippen MR) is 78.2 cm³/mol. The van der Waals surface area contributed by atoms with Crippen LogP contribution in [-0.4, -0.2) is 5.11 Å². The number of benzene rings is 2. The molecule has 1 saturated carbocycles. The van der Waals surface area contributed by atoms with Crippen molar-refractivity contribution in [1.29, 1.82) is 0 Å². The van der Waals surface area contributed by atoms with Crippen molar-refractivity contribution < 1.29 is 13.9 Å². The fraction of sp³-hybridized carbons (Fsp3) is 0.333. The normalized spacial score (nSPS) is 16.6. The van der Waals surface area contributed by atoms with E-state index in [2.05, 4.69) is 0 Å². The summed E-state index contributed by atoms with van der Waals surface area (Å²) in [7, 11) is 0. The smallest absolute Gasteiger partial charge is 0.132 e. The molecule has 0 aromatic heterocycles. The van der Waals surface area contributed by atoms with Crippen LogP contribution in [0.4, 0.5) is 8.78 Å². The first-order chi connectivity index (χ1) is 10.1. The molecule has 0 amide bonds. The lowest BCUT2D eigenvalue weighted by atomic mass is 9.80. The molecule has 0 radical (unpaired) electrons. The number of aryl methyl sites for hydroxylation is 1. The van der Waals surface area contributed by atoms with Crippen molar-refractivity contribution >= 4 is 0 Å². The Morgan fingerprint density at radius 1 is 1.05 bits per heavy atom. The molecule has 1 N–H and O–H groups in total. The quantitative estimate of drug-likeness (QED) is 0.873. The summed E-state index contributed by atoms with van der Waals surface area (Å²) in [4.78, 5) is 0. The molecular weight excluding hydrogens is 270 g/mol. The van der Waals surface area contributed by atoms with Crippen molar-refractivity contribution in [3.8, 4) is 0 Å². The summed E-state index contributed by atoms with van der Waals surface area (Å²) in [5.74, 6) is -0.682. The van der Waals surface area contributed by atoms with Gasteiger partial charge < -0.3 is 5.11 Å². The van der Waals surface area contributed by atoms with E-state index in [4.69, 9.17) is 0 Å². The van der Waals surface area contributed by atoms with E-state index in [1.54, 1.807) is 6.92 Å². The fourth-order valence-corrected chi connectivity index (χ4v) is 2.76. The van der Waals surface area contributed by atoms with Crippen LogP contribution in [0.5, 0.6) is 0 Å². The third-order valence-corrected chi connectivity index (χ3v) is 4.40. The van der Waals surface area contributed by atoms with Gasteiger partial charge in [0.2, 0.25) is 0 Å². The molecule has 2 aromatic carbocycles. The van der Waals surface area contributed by atoms with Crippen LogP contribution in [0.2, 0.25) is 0 Å². The Hall–Kier alpha value is -1.74. The summed E-state index contributed by atoms with van der Waals surface area (Å²) in [5, 5.41) is 10.3. The Bertz CT molecular complexity index is 645. The molecule has 0 bridgehead atoms. The molecule has 1 aliphatic carbocycles. The van der Waals surface area contributed by atoms with Gasteiger partial charge in [0.25, 0.3) is 0 Å². The van der Waals surface area contributed by atoms with Gasteiger partial charge in [0.05, 0.1) is 0 Å². The predicted octanol–water partition coefficient (Wildman–Crippen LogP) is 4.62. The fourth-order valence-electron chi connectivity index (χ4n) is 2.76. The van der Waals surface area contributed by atoms with Crippen LogP contribution in [0, 0.1) is 18.6 Å². The number of hydrogen-bond acceptors (Lipinski definition) is 1. The van der Waals surface area contributed by atoms with E-state index in [1.807, 2.05) is 24.3 Å². The number of halogens is 2. The zero-order valence-electron chi connectivity index (χ0n) is 11.9. The third kappa shape index (κ3) is 2.70. The molecule has 1 aliphatic rings. The van der Waals surface area contributed by atoms with Gasteiger partial charge in [-0.25, -0.2) is 8.78 Å². The number of aliphatic hydroxyl groups is 1. The second-order valence-electron chi connectivity index (χ2n) is 5.82. The number of rotatable bonds is 3. The molecule has 0 heterocycles. The minimum absolute atomic E-state index is 0.116. The van der Waals surface area contributed by atoms with Crippen molar-refractivity contribution in [2.75, 3.05) is 0 Å². The summed E-state index contributed by atoms with van der Waals surface area (Å²) in [6, 6.07) is 9.85. The zero-order valence-corrected chi connectivity index (χ0v) is 11.9. The van der Waals surface area contributed by atoms with E-state index in [0.29, 0.717) is 17.0 Å². The topological polar surface area (TPSA) is 20.2 Å². The second kappa shape index (κ2) is 5.57. The molecule has 110 valence electrons. The standard InChI is InChI=1S/C18H18F2O/c1-11-9-15(17(20)10-16(11)19)18(21)14-7-5-13(6-8-14)12-3-2-4-12/h5-10,12,18,21H,2-4H2,1H3. The van der Waals surface area contributed by atoms with E-state index in [1.165, 1.54) is 30.9 Å². The highest BCUT2D eigenvalue weighted by Gasteiger charge is 2.21. The Morgan fingerprint density at radius 3 is 2.29 bits per heavy atom. The SMILES string of the molecule is Cc1cc(C(O)c2ccc(C3CCC3)cc2)c(F)cc1F. The van der Waals surface area contributed by atoms with Crippen LogP contribution in [-0.2, 0) is 0 Å². The molecule has 0 aliphatic heterocycles. The van der Waals surface area contributed by atoms with E-state index in [-0.39, 0.29) is 5.56 Å². The molecule has 2 aromatic rings. The Morgan fingerprint density at radius 2 is 1.71 bits per heavy atom. The molecule has 0 saturated heterocycles. The average Bonchev–Trinajstić information content (AvgIpc) is 2.41. The van der Waals surface area contributed by atoms with Crippen LogP contribution < -0.4 is 0 Å². The minimum atomic E-state index is -1.07. The highest BCUT2D eigenvalue weighted by Crippen LogP contribution is 2.37. The summed E-state index contributed by atoms with van der Waals surface area (Å²) in [6.07, 6.45) is 2.64. The van der Waals surface area contributed by atoms with Crippen molar-refractivity contribution in [3.05, 3.63) is 70.3 Å². The number of aliphatic hydroxyl groups excluding tert-OH is 1. The Labute approximate surface area is 123 Å². The van der Waals surface area contributed by atoms with Gasteiger partial charge in [-0.15, -0.1) is 0 Å². The summed E-state index contributed by atoms with van der Waals surface area (Å²) in [6.45, 7) is 1.56. The molecule has 1 fully saturated rings. The molecule has 3 heteroatoms. The van der Waals surface area contributed by atoms with Gasteiger partial charge in [-0.2, -0.15) is 0 Å². The van der Waals surface area contributed by atoms with E-state index < -0.39 is 17.7 Å². The van der Waals surface area contributed by atoms with Crippen LogP contribution >= 0.6 is 0 Å². The monoisotopic (exact) mass is 288 g/mol. The highest BCUT2D eigenvalue weighted by atomic mass is 19.1. The first-order valence-electron chi connectivity index (χ1n) is 7.29. The first kappa shape index (κ1) is 14.2. The summed E-state index contributed by atoms with van der Waals surface area (Å²) < 4.78 is 27.1. The average molecular weight is 288 g/mol. The van der Waals surface area contributed by atoms with Crippen molar-refractivity contribution in [2.24, 2.45) is 0 Å². The van der Waals surface area contributed by atoms with Gasteiger partial charge in [-0.05, 0) is 48.4 Å². The molecule has 1 unspecified atom stereocenters. The Kier molecular flexibility index (Phi) is 3.77. The second-order valence-corrected chi connectivity index (χ2v) is 5.82. The van der Waals surface area contributed by atoms with E-state index >= 15 is 0 Å². The van der Waals surface area contributed by atoms with Gasteiger partial charge in [-0.1, -0.05) is 30.7 Å². The van der Waals surface area contributed by atoms with Crippen molar-refractivity contribution in [2.45, 2.75) is 38.2 Å². The van der Waals surface area contributed by atoms with Crippen LogP contribution in [0.25, 0.3) is 0 Å². The van der Waals surface area contributed by atoms with E-state index in [0.717, 1.165) is 6.07 Å². The van der Waals surface area contributed by atoms with Crippen LogP contribution in [0.1, 0.15) is 53.5 Å². The van der Waals surface area contributed by atoms with Gasteiger partial charge in [-0.3, -0.25) is 0 Å². The van der Waals surface area contributed by atoms with Gasteiger partial charge >= 0.3 is 0 Å². The van der Waals surface area contributed by atoms with Gasteiger partial charge in [0.15, 0.2) is 0 Å². The first-order valence-corrected chi connectivity index (χ1v) is 7.29. The highest BCUT2D eigenvalue weighted by molar-refractivity contribution is 5.36. The van der Waals surface area contributed by atoms with Gasteiger partial charge in [0.1, 0.15) is 17.7 Å². The van der Waals surface area contributed by atoms with E-state index in [9.17, 15) is 13.9 Å². The number of hydrogen-bond donors (Lipinski definition) is 1. The molecule has 1 atom stereocenters. The maximum Gasteiger partial charge on any atom is 0.132 e. The van der Waals surface area contributed by atoms with Crippen LogP contribution in [0.15, 0.2) is 36.4 Å². The summed E-state index contributed by atoms with van der Waals surface area (Å²) >= 11 is 0. The summed E-state index contributed by atoms with van der Waals surface area (Å²) in [5.41, 5.74) is 2.35.